The van der Waals surface area contributed by atoms with Gasteiger partial charge in [-0.1, -0.05) is 70.0 Å². The molecule has 0 bridgehead atoms. The topological polar surface area (TPSA) is 92.8 Å². The van der Waals surface area contributed by atoms with E-state index >= 15 is 0 Å². The Hall–Kier alpha value is -4.40. The van der Waals surface area contributed by atoms with Crippen molar-refractivity contribution in [2.75, 3.05) is 6.61 Å². The van der Waals surface area contributed by atoms with Gasteiger partial charge < -0.3 is 14.5 Å². The zero-order valence-corrected chi connectivity index (χ0v) is 23.6. The molecule has 0 unspecified atom stereocenters. The average Bonchev–Trinajstić information content (AvgIpc) is 3.34. The van der Waals surface area contributed by atoms with E-state index in [2.05, 4.69) is 31.4 Å². The number of hydrogen-bond acceptors (Lipinski definition) is 5. The van der Waals surface area contributed by atoms with Gasteiger partial charge in [-0.15, -0.1) is 0 Å². The minimum absolute atomic E-state index is 0.240. The molecule has 9 heteroatoms. The summed E-state index contributed by atoms with van der Waals surface area (Å²) < 4.78 is 12.1. The Morgan fingerprint density at radius 1 is 0.975 bits per heavy atom. The number of aromatic nitrogens is 1. The van der Waals surface area contributed by atoms with Gasteiger partial charge >= 0.3 is 5.97 Å². The molecule has 0 fully saturated rings. The van der Waals surface area contributed by atoms with Gasteiger partial charge in [0.05, 0.1) is 23.4 Å². The van der Waals surface area contributed by atoms with Gasteiger partial charge in [0, 0.05) is 20.9 Å². The molecule has 0 saturated carbocycles. The number of fused-ring (bicyclic) bond motifs is 1. The summed E-state index contributed by atoms with van der Waals surface area (Å²) in [6, 6.07) is 27.1. The third kappa shape index (κ3) is 5.93. The molecule has 5 aromatic rings. The molecular weight excluding hydrogens is 594 g/mol. The summed E-state index contributed by atoms with van der Waals surface area (Å²) in [7, 11) is 0. The highest BCUT2D eigenvalue weighted by Crippen LogP contribution is 2.34. The first kappa shape index (κ1) is 27.2. The van der Waals surface area contributed by atoms with Gasteiger partial charge in [-0.05, 0) is 66.6 Å². The molecule has 7 nitrogen and oxygen atoms in total. The zero-order valence-electron chi connectivity index (χ0n) is 21.3. The number of rotatable bonds is 8. The Balaban J connectivity index is 1.36. The van der Waals surface area contributed by atoms with Crippen LogP contribution in [-0.2, 0) is 0 Å². The molecule has 0 spiro atoms. The fourth-order valence-electron chi connectivity index (χ4n) is 4.20. The van der Waals surface area contributed by atoms with Crippen molar-refractivity contribution in [2.24, 2.45) is 5.10 Å². The quantitative estimate of drug-likeness (QED) is 0.0811. The van der Waals surface area contributed by atoms with E-state index in [1.807, 2.05) is 55.5 Å². The molecule has 0 aliphatic rings. The van der Waals surface area contributed by atoms with Crippen LogP contribution in [-0.4, -0.2) is 29.7 Å². The Morgan fingerprint density at radius 2 is 1.75 bits per heavy atom. The Bertz CT molecular complexity index is 1730. The molecule has 0 radical (unpaired) electrons. The SMILES string of the molecule is CCOc1cc(C=NNC(=O)c2[nH]c3ccc(Br)cc3c2-c2ccccc2)ccc1OC(=O)c1ccccc1Cl. The second kappa shape index (κ2) is 12.2. The third-order valence-corrected chi connectivity index (χ3v) is 6.82. The fourth-order valence-corrected chi connectivity index (χ4v) is 4.77. The number of nitrogens with one attached hydrogen (secondary N) is 2. The Labute approximate surface area is 243 Å². The van der Waals surface area contributed by atoms with Crippen LogP contribution in [0.2, 0.25) is 5.02 Å². The van der Waals surface area contributed by atoms with Crippen LogP contribution in [0.25, 0.3) is 22.0 Å². The normalized spacial score (nSPS) is 11.1. The van der Waals surface area contributed by atoms with E-state index in [4.69, 9.17) is 21.1 Å². The highest BCUT2D eigenvalue weighted by atomic mass is 79.9. The predicted molar refractivity (Wildman–Crippen MR) is 161 cm³/mol. The van der Waals surface area contributed by atoms with E-state index in [-0.39, 0.29) is 11.3 Å². The largest absolute Gasteiger partial charge is 0.490 e. The summed E-state index contributed by atoms with van der Waals surface area (Å²) in [6.07, 6.45) is 1.49. The lowest BCUT2D eigenvalue weighted by molar-refractivity contribution is 0.0728. The van der Waals surface area contributed by atoms with Gasteiger partial charge in [0.25, 0.3) is 5.91 Å². The number of hydrogen-bond donors (Lipinski definition) is 2. The van der Waals surface area contributed by atoms with Crippen LogP contribution >= 0.6 is 27.5 Å². The molecular formula is C31H23BrClN3O4. The molecule has 1 aromatic heterocycles. The lowest BCUT2D eigenvalue weighted by Gasteiger charge is -2.12. The van der Waals surface area contributed by atoms with E-state index in [1.165, 1.54) is 6.21 Å². The molecule has 0 aliphatic heterocycles. The number of amides is 1. The molecule has 0 atom stereocenters. The van der Waals surface area contributed by atoms with Crippen LogP contribution in [0, 0.1) is 0 Å². The standard InChI is InChI=1S/C31H23BrClN3O4/c1-2-39-27-16-19(12-15-26(27)40-31(38)22-10-6-7-11-24(22)33)18-34-36-30(37)29-28(20-8-4-3-5-9-20)23-17-21(32)13-14-25(23)35-29/h3-18,35H,2H2,1H3,(H,36,37). The van der Waals surface area contributed by atoms with Gasteiger partial charge in [-0.2, -0.15) is 5.10 Å². The van der Waals surface area contributed by atoms with Crippen molar-refractivity contribution >= 4 is 56.5 Å². The average molecular weight is 617 g/mol. The number of halogens is 2. The molecule has 1 heterocycles. The molecule has 2 N–H and O–H groups in total. The van der Waals surface area contributed by atoms with Crippen LogP contribution < -0.4 is 14.9 Å². The number of carbonyl (C=O) groups excluding carboxylic acids is 2. The highest BCUT2D eigenvalue weighted by Gasteiger charge is 2.19. The monoisotopic (exact) mass is 615 g/mol. The number of H-pyrrole nitrogens is 1. The van der Waals surface area contributed by atoms with Crippen molar-refractivity contribution in [3.63, 3.8) is 0 Å². The highest BCUT2D eigenvalue weighted by molar-refractivity contribution is 9.10. The van der Waals surface area contributed by atoms with E-state index in [9.17, 15) is 9.59 Å². The fraction of sp³-hybridized carbons (Fsp3) is 0.0645. The van der Waals surface area contributed by atoms with Crippen molar-refractivity contribution in [3.05, 3.63) is 117 Å². The van der Waals surface area contributed by atoms with Crippen molar-refractivity contribution in [3.8, 4) is 22.6 Å². The number of hydrazone groups is 1. The molecule has 40 heavy (non-hydrogen) atoms. The predicted octanol–water partition coefficient (Wildman–Crippen LogP) is 7.63. The van der Waals surface area contributed by atoms with Crippen LogP contribution in [0.4, 0.5) is 0 Å². The number of ether oxygens (including phenoxy) is 2. The molecule has 200 valence electrons. The second-order valence-corrected chi connectivity index (χ2v) is 9.96. The number of esters is 1. The van der Waals surface area contributed by atoms with E-state index in [0.29, 0.717) is 28.6 Å². The molecule has 0 aliphatic carbocycles. The zero-order chi connectivity index (χ0) is 28.1. The van der Waals surface area contributed by atoms with Crippen LogP contribution in [0.3, 0.4) is 0 Å². The van der Waals surface area contributed by atoms with E-state index in [0.717, 1.165) is 26.5 Å². The lowest BCUT2D eigenvalue weighted by Crippen LogP contribution is -2.18. The van der Waals surface area contributed by atoms with Gasteiger partial charge in [0.1, 0.15) is 5.69 Å². The van der Waals surface area contributed by atoms with Gasteiger partial charge in [-0.3, -0.25) is 4.79 Å². The van der Waals surface area contributed by atoms with Crippen molar-refractivity contribution in [2.45, 2.75) is 6.92 Å². The maximum atomic E-state index is 13.2. The molecule has 5 rings (SSSR count). The third-order valence-electron chi connectivity index (χ3n) is 5.99. The van der Waals surface area contributed by atoms with E-state index in [1.54, 1.807) is 42.5 Å². The molecule has 4 aromatic carbocycles. The van der Waals surface area contributed by atoms with Crippen molar-refractivity contribution in [1.29, 1.82) is 0 Å². The van der Waals surface area contributed by atoms with Crippen molar-refractivity contribution in [1.82, 2.24) is 10.4 Å². The maximum Gasteiger partial charge on any atom is 0.345 e. The van der Waals surface area contributed by atoms with Crippen LogP contribution in [0.1, 0.15) is 33.3 Å². The van der Waals surface area contributed by atoms with Gasteiger partial charge in [0.15, 0.2) is 11.5 Å². The van der Waals surface area contributed by atoms with E-state index < -0.39 is 11.9 Å². The maximum absolute atomic E-state index is 13.2. The summed E-state index contributed by atoms with van der Waals surface area (Å²) in [4.78, 5) is 29.1. The lowest BCUT2D eigenvalue weighted by atomic mass is 10.0. The summed E-state index contributed by atoms with van der Waals surface area (Å²) in [5, 5.41) is 5.37. The first-order valence-corrected chi connectivity index (χ1v) is 13.5. The summed E-state index contributed by atoms with van der Waals surface area (Å²) in [6.45, 7) is 2.18. The number of carbonyl (C=O) groups is 2. The second-order valence-electron chi connectivity index (χ2n) is 8.64. The number of aromatic amines is 1. The number of benzene rings is 4. The van der Waals surface area contributed by atoms with Gasteiger partial charge in [0.2, 0.25) is 0 Å². The number of nitrogens with zero attached hydrogens (tertiary/aromatic N) is 1. The summed E-state index contributed by atoms with van der Waals surface area (Å²) in [5.74, 6) is -0.395. The Kier molecular flexibility index (Phi) is 8.28. The summed E-state index contributed by atoms with van der Waals surface area (Å²) in [5.41, 5.74) is 6.41. The van der Waals surface area contributed by atoms with Crippen LogP contribution in [0.5, 0.6) is 11.5 Å². The molecule has 1 amide bonds. The van der Waals surface area contributed by atoms with Gasteiger partial charge in [-0.25, -0.2) is 10.2 Å². The molecule has 0 saturated heterocycles. The minimum atomic E-state index is -0.597. The smallest absolute Gasteiger partial charge is 0.345 e. The summed E-state index contributed by atoms with van der Waals surface area (Å²) >= 11 is 9.65. The minimum Gasteiger partial charge on any atom is -0.490 e. The first-order valence-electron chi connectivity index (χ1n) is 12.4. The van der Waals surface area contributed by atoms with Crippen molar-refractivity contribution < 1.29 is 19.1 Å². The Morgan fingerprint density at radius 3 is 2.52 bits per heavy atom. The first-order chi connectivity index (χ1) is 19.4. The van der Waals surface area contributed by atoms with Crippen LogP contribution in [0.15, 0.2) is 101 Å².